The summed E-state index contributed by atoms with van der Waals surface area (Å²) in [5.74, 6) is 0.215. The minimum Gasteiger partial charge on any atom is -0.497 e. The molecule has 0 radical (unpaired) electrons. The summed E-state index contributed by atoms with van der Waals surface area (Å²) in [6.07, 6.45) is 0.682. The van der Waals surface area contributed by atoms with E-state index in [1.54, 1.807) is 36.3 Å². The predicted molar refractivity (Wildman–Crippen MR) is 165 cm³/mol. The van der Waals surface area contributed by atoms with Crippen LogP contribution in [0.4, 0.5) is 11.4 Å². The fourth-order valence-electron chi connectivity index (χ4n) is 4.84. The molecule has 0 fully saturated rings. The summed E-state index contributed by atoms with van der Waals surface area (Å²) in [6, 6.07) is 25.9. The van der Waals surface area contributed by atoms with Crippen LogP contribution in [0.25, 0.3) is 10.8 Å². The third-order valence-corrected chi connectivity index (χ3v) is 8.65. The van der Waals surface area contributed by atoms with Crippen LogP contribution in [0.5, 0.6) is 5.75 Å². The molecule has 1 aliphatic rings. The van der Waals surface area contributed by atoms with Gasteiger partial charge in [-0.05, 0) is 59.2 Å². The smallest absolute Gasteiger partial charge is 0.255 e. The quantitative estimate of drug-likeness (QED) is 0.262. The van der Waals surface area contributed by atoms with E-state index in [9.17, 15) is 14.4 Å². The van der Waals surface area contributed by atoms with Gasteiger partial charge in [0.15, 0.2) is 0 Å². The lowest BCUT2D eigenvalue weighted by atomic mass is 10.0. The van der Waals surface area contributed by atoms with E-state index < -0.39 is 6.04 Å². The monoisotopic (exact) mass is 567 g/mol. The van der Waals surface area contributed by atoms with Crippen molar-refractivity contribution in [3.8, 4) is 5.75 Å². The second-order valence-electron chi connectivity index (χ2n) is 10.1. The average Bonchev–Trinajstić information content (AvgIpc) is 3.13. The van der Waals surface area contributed by atoms with Crippen molar-refractivity contribution in [3.63, 3.8) is 0 Å². The molecule has 41 heavy (non-hydrogen) atoms. The fraction of sp³-hybridized carbons (Fsp3) is 0.242. The molecule has 4 aromatic carbocycles. The molecule has 4 aromatic rings. The van der Waals surface area contributed by atoms with Crippen LogP contribution in [0.2, 0.25) is 0 Å². The topological polar surface area (TPSA) is 87.7 Å². The number of nitrogens with one attached hydrogen (secondary N) is 2. The van der Waals surface area contributed by atoms with Crippen LogP contribution in [-0.4, -0.2) is 36.6 Å². The molecule has 5 rings (SSSR count). The maximum atomic E-state index is 14.1. The number of methoxy groups -OCH3 is 1. The molecule has 0 saturated heterocycles. The number of fused-ring (bicyclic) bond motifs is 2. The van der Waals surface area contributed by atoms with Crippen molar-refractivity contribution in [1.29, 1.82) is 0 Å². The van der Waals surface area contributed by atoms with Gasteiger partial charge < -0.3 is 20.3 Å². The molecule has 3 amide bonds. The highest BCUT2D eigenvalue weighted by Crippen LogP contribution is 2.41. The first-order chi connectivity index (χ1) is 19.9. The Kier molecular flexibility index (Phi) is 8.59. The molecule has 0 saturated carbocycles. The van der Waals surface area contributed by atoms with Crippen molar-refractivity contribution in [3.05, 3.63) is 96.1 Å². The lowest BCUT2D eigenvalue weighted by Gasteiger charge is -2.27. The average molecular weight is 568 g/mol. The third kappa shape index (κ3) is 6.07. The molecule has 0 aromatic heterocycles. The van der Waals surface area contributed by atoms with Gasteiger partial charge >= 0.3 is 0 Å². The van der Waals surface area contributed by atoms with E-state index in [1.165, 1.54) is 11.8 Å². The summed E-state index contributed by atoms with van der Waals surface area (Å²) in [5, 5.41) is 8.18. The van der Waals surface area contributed by atoms with Gasteiger partial charge in [-0.1, -0.05) is 62.4 Å². The summed E-state index contributed by atoms with van der Waals surface area (Å²) in [4.78, 5) is 42.7. The van der Waals surface area contributed by atoms with Gasteiger partial charge in [-0.2, -0.15) is 0 Å². The molecule has 8 heteroatoms. The van der Waals surface area contributed by atoms with E-state index in [-0.39, 0.29) is 23.6 Å². The standard InChI is InChI=1S/C33H33N3O4S/c1-4-21(2)31(37)35-28-20-41-30-27(34-32(38)23-15-17-25(40-3)18-16-23)13-8-14-29(30)36(33(28)39)19-24-11-7-10-22-9-5-6-12-26(22)24/h5-18,21,28H,4,19-20H2,1-3H3,(H,34,38)(H,35,37)/t21-,28+/m1/s1. The number of amides is 3. The van der Waals surface area contributed by atoms with Gasteiger partial charge in [-0.3, -0.25) is 14.4 Å². The zero-order valence-corrected chi connectivity index (χ0v) is 24.2. The molecule has 1 heterocycles. The molecule has 210 valence electrons. The highest BCUT2D eigenvalue weighted by molar-refractivity contribution is 7.99. The van der Waals surface area contributed by atoms with Crippen LogP contribution in [0.15, 0.2) is 89.8 Å². The van der Waals surface area contributed by atoms with Gasteiger partial charge in [0, 0.05) is 17.2 Å². The Balaban J connectivity index is 1.52. The first-order valence-electron chi connectivity index (χ1n) is 13.7. The van der Waals surface area contributed by atoms with E-state index in [4.69, 9.17) is 4.74 Å². The van der Waals surface area contributed by atoms with Crippen molar-refractivity contribution in [1.82, 2.24) is 5.32 Å². The Morgan fingerprint density at radius 1 is 1.00 bits per heavy atom. The van der Waals surface area contributed by atoms with Crippen LogP contribution >= 0.6 is 11.8 Å². The van der Waals surface area contributed by atoms with Crippen LogP contribution < -0.4 is 20.3 Å². The third-order valence-electron chi connectivity index (χ3n) is 7.43. The van der Waals surface area contributed by atoms with E-state index in [0.717, 1.165) is 21.2 Å². The van der Waals surface area contributed by atoms with Crippen LogP contribution in [0, 0.1) is 5.92 Å². The van der Waals surface area contributed by atoms with Gasteiger partial charge in [0.05, 0.1) is 29.9 Å². The molecule has 7 nitrogen and oxygen atoms in total. The van der Waals surface area contributed by atoms with Gasteiger partial charge in [0.2, 0.25) is 5.91 Å². The Labute approximate surface area is 244 Å². The summed E-state index contributed by atoms with van der Waals surface area (Å²) < 4.78 is 5.21. The molecule has 0 bridgehead atoms. The number of nitrogens with zero attached hydrogens (tertiary/aromatic N) is 1. The molecule has 2 atom stereocenters. The Bertz CT molecular complexity index is 1580. The molecular formula is C33H33N3O4S. The number of benzene rings is 4. The molecule has 2 N–H and O–H groups in total. The van der Waals surface area contributed by atoms with Crippen LogP contribution in [-0.2, 0) is 16.1 Å². The lowest BCUT2D eigenvalue weighted by molar-refractivity contribution is -0.129. The number of rotatable bonds is 8. The number of hydrogen-bond acceptors (Lipinski definition) is 5. The van der Waals surface area contributed by atoms with Gasteiger partial charge in [0.25, 0.3) is 11.8 Å². The zero-order valence-electron chi connectivity index (χ0n) is 23.3. The van der Waals surface area contributed by atoms with Crippen molar-refractivity contribution in [2.24, 2.45) is 5.92 Å². The normalized spacial score (nSPS) is 15.5. The zero-order chi connectivity index (χ0) is 28.9. The largest absolute Gasteiger partial charge is 0.497 e. The van der Waals surface area contributed by atoms with E-state index in [1.807, 2.05) is 56.3 Å². The Morgan fingerprint density at radius 3 is 2.49 bits per heavy atom. The highest BCUT2D eigenvalue weighted by Gasteiger charge is 2.34. The van der Waals surface area contributed by atoms with Crippen molar-refractivity contribution >= 4 is 51.6 Å². The van der Waals surface area contributed by atoms with Gasteiger partial charge in [0.1, 0.15) is 11.8 Å². The van der Waals surface area contributed by atoms with E-state index in [0.29, 0.717) is 41.4 Å². The molecule has 0 spiro atoms. The molecular weight excluding hydrogens is 534 g/mol. The van der Waals surface area contributed by atoms with Crippen molar-refractivity contribution in [2.75, 3.05) is 23.1 Å². The highest BCUT2D eigenvalue weighted by atomic mass is 32.2. The number of carbonyl (C=O) groups excluding carboxylic acids is 3. The molecule has 1 aliphatic heterocycles. The van der Waals surface area contributed by atoms with Crippen LogP contribution in [0.3, 0.4) is 0 Å². The second-order valence-corrected chi connectivity index (χ2v) is 11.1. The fourth-order valence-corrected chi connectivity index (χ4v) is 6.00. The Hall–Kier alpha value is -4.30. The first-order valence-corrected chi connectivity index (χ1v) is 14.7. The summed E-state index contributed by atoms with van der Waals surface area (Å²) in [5.41, 5.74) is 2.79. The number of anilines is 2. The summed E-state index contributed by atoms with van der Waals surface area (Å²) in [6.45, 7) is 4.13. The number of thioether (sulfide) groups is 1. The van der Waals surface area contributed by atoms with Gasteiger partial charge in [-0.15, -0.1) is 11.8 Å². The number of ether oxygens (including phenoxy) is 1. The maximum absolute atomic E-state index is 14.1. The lowest BCUT2D eigenvalue weighted by Crippen LogP contribution is -2.50. The second kappa shape index (κ2) is 12.5. The summed E-state index contributed by atoms with van der Waals surface area (Å²) in [7, 11) is 1.58. The predicted octanol–water partition coefficient (Wildman–Crippen LogP) is 6.27. The van der Waals surface area contributed by atoms with Crippen molar-refractivity contribution < 1.29 is 19.1 Å². The maximum Gasteiger partial charge on any atom is 0.255 e. The first kappa shape index (κ1) is 28.2. The minimum absolute atomic E-state index is 0.143. The van der Waals surface area contributed by atoms with Gasteiger partial charge in [-0.25, -0.2) is 0 Å². The number of hydrogen-bond donors (Lipinski definition) is 2. The minimum atomic E-state index is -0.714. The molecule has 0 unspecified atom stereocenters. The van der Waals surface area contributed by atoms with E-state index >= 15 is 0 Å². The molecule has 0 aliphatic carbocycles. The number of carbonyl (C=O) groups is 3. The van der Waals surface area contributed by atoms with E-state index in [2.05, 4.69) is 28.8 Å². The Morgan fingerprint density at radius 2 is 1.73 bits per heavy atom. The summed E-state index contributed by atoms with van der Waals surface area (Å²) >= 11 is 1.46. The van der Waals surface area contributed by atoms with Crippen molar-refractivity contribution in [2.45, 2.75) is 37.8 Å². The SMILES string of the molecule is CC[C@@H](C)C(=O)N[C@H]1CSc2c(NC(=O)c3ccc(OC)cc3)cccc2N(Cc2cccc3ccccc23)C1=O. The van der Waals surface area contributed by atoms with Crippen LogP contribution in [0.1, 0.15) is 36.2 Å².